The number of H-pyrrole nitrogens is 1. The highest BCUT2D eigenvalue weighted by molar-refractivity contribution is 7.89. The summed E-state index contributed by atoms with van der Waals surface area (Å²) in [6.07, 6.45) is 1.03. The van der Waals surface area contributed by atoms with E-state index < -0.39 is 21.9 Å². The third-order valence-corrected chi connectivity index (χ3v) is 7.85. The molecule has 1 aliphatic heterocycles. The summed E-state index contributed by atoms with van der Waals surface area (Å²) in [5.74, 6) is -0.579. The summed E-state index contributed by atoms with van der Waals surface area (Å²) in [6, 6.07) is 5.04. The van der Waals surface area contributed by atoms with Crippen molar-refractivity contribution in [2.45, 2.75) is 38.5 Å². The topological polar surface area (TPSA) is 127 Å². The first-order valence-electron chi connectivity index (χ1n) is 11.0. The lowest BCUT2D eigenvalue weighted by Gasteiger charge is -2.31. The van der Waals surface area contributed by atoms with Crippen LogP contribution in [-0.4, -0.2) is 63.5 Å². The van der Waals surface area contributed by atoms with Gasteiger partial charge in [0.2, 0.25) is 15.9 Å². The standard InChI is InChI=1S/C23H31N3O7S/c1-6-33-23(28)20-14(2)24-15(3)21(20)34(29,30)26-11-7-8-16(13-26)22(27)25-18-12-17(31-4)9-10-19(18)32-5/h9-10,12,16,24H,6-8,11,13H2,1-5H3,(H,25,27)/t16-/m1/s1. The van der Waals surface area contributed by atoms with Crippen molar-refractivity contribution in [3.8, 4) is 11.5 Å². The molecule has 34 heavy (non-hydrogen) atoms. The highest BCUT2D eigenvalue weighted by Gasteiger charge is 2.38. The molecule has 1 amide bonds. The maximum atomic E-state index is 13.6. The summed E-state index contributed by atoms with van der Waals surface area (Å²) in [4.78, 5) is 28.4. The molecule has 2 aromatic rings. The zero-order chi connectivity index (χ0) is 25.0. The molecule has 0 spiro atoms. The fraction of sp³-hybridized carbons (Fsp3) is 0.478. The molecule has 0 saturated carbocycles. The summed E-state index contributed by atoms with van der Waals surface area (Å²) in [6.45, 7) is 5.26. The predicted octanol–water partition coefficient (Wildman–Crippen LogP) is 2.86. The first-order valence-corrected chi connectivity index (χ1v) is 12.5. The number of aromatic nitrogens is 1. The molecular weight excluding hydrogens is 462 g/mol. The number of ether oxygens (including phenoxy) is 3. The number of nitrogens with zero attached hydrogens (tertiary/aromatic N) is 1. The fourth-order valence-electron chi connectivity index (χ4n) is 4.18. The Hall–Kier alpha value is -3.05. The smallest absolute Gasteiger partial charge is 0.341 e. The van der Waals surface area contributed by atoms with E-state index in [9.17, 15) is 18.0 Å². The molecule has 1 fully saturated rings. The van der Waals surface area contributed by atoms with E-state index in [1.165, 1.54) is 18.5 Å². The lowest BCUT2D eigenvalue weighted by atomic mass is 9.98. The molecule has 11 heteroatoms. The lowest BCUT2D eigenvalue weighted by molar-refractivity contribution is -0.120. The van der Waals surface area contributed by atoms with Gasteiger partial charge >= 0.3 is 5.97 Å². The second kappa shape index (κ2) is 10.5. The minimum absolute atomic E-state index is 0.00652. The van der Waals surface area contributed by atoms with Crippen LogP contribution < -0.4 is 14.8 Å². The molecule has 186 valence electrons. The minimum atomic E-state index is -4.05. The van der Waals surface area contributed by atoms with Crippen LogP contribution in [0.25, 0.3) is 0 Å². The van der Waals surface area contributed by atoms with Crippen LogP contribution >= 0.6 is 0 Å². The number of nitrogens with one attached hydrogen (secondary N) is 2. The van der Waals surface area contributed by atoms with Gasteiger partial charge in [0.25, 0.3) is 0 Å². The van der Waals surface area contributed by atoms with Gasteiger partial charge in [-0.3, -0.25) is 4.79 Å². The van der Waals surface area contributed by atoms with E-state index in [0.717, 1.165) is 0 Å². The van der Waals surface area contributed by atoms with Crippen LogP contribution in [0.3, 0.4) is 0 Å². The number of methoxy groups -OCH3 is 2. The van der Waals surface area contributed by atoms with Crippen molar-refractivity contribution in [3.05, 3.63) is 35.2 Å². The van der Waals surface area contributed by atoms with E-state index in [1.807, 2.05) is 0 Å². The highest BCUT2D eigenvalue weighted by atomic mass is 32.2. The molecule has 3 rings (SSSR count). The molecule has 0 radical (unpaired) electrons. The monoisotopic (exact) mass is 493 g/mol. The van der Waals surface area contributed by atoms with Crippen molar-refractivity contribution < 1.29 is 32.2 Å². The summed E-state index contributed by atoms with van der Waals surface area (Å²) < 4.78 is 44.1. The SMILES string of the molecule is CCOC(=O)c1c(C)[nH]c(C)c1S(=O)(=O)N1CCC[C@@H](C(=O)Nc2cc(OC)ccc2OC)C1. The highest BCUT2D eigenvalue weighted by Crippen LogP contribution is 2.32. The molecule has 1 atom stereocenters. The molecule has 1 aromatic heterocycles. The normalized spacial score (nSPS) is 16.7. The minimum Gasteiger partial charge on any atom is -0.497 e. The number of anilines is 1. The van der Waals surface area contributed by atoms with E-state index in [-0.39, 0.29) is 36.1 Å². The van der Waals surface area contributed by atoms with Crippen molar-refractivity contribution >= 4 is 27.6 Å². The van der Waals surface area contributed by atoms with E-state index in [0.29, 0.717) is 41.4 Å². The molecular formula is C23H31N3O7S. The zero-order valence-electron chi connectivity index (χ0n) is 20.1. The van der Waals surface area contributed by atoms with Crippen molar-refractivity contribution in [3.63, 3.8) is 0 Å². The number of piperidine rings is 1. The average molecular weight is 494 g/mol. The number of sulfonamides is 1. The van der Waals surface area contributed by atoms with Gasteiger partial charge in [-0.25, -0.2) is 13.2 Å². The molecule has 1 saturated heterocycles. The Morgan fingerprint density at radius 3 is 2.56 bits per heavy atom. The van der Waals surface area contributed by atoms with Crippen LogP contribution in [0.1, 0.15) is 41.5 Å². The van der Waals surface area contributed by atoms with E-state index >= 15 is 0 Å². The Kier molecular flexibility index (Phi) is 7.88. The molecule has 2 heterocycles. The van der Waals surface area contributed by atoms with Crippen LogP contribution in [-0.2, 0) is 19.6 Å². The van der Waals surface area contributed by atoms with Gasteiger partial charge in [-0.1, -0.05) is 0 Å². The van der Waals surface area contributed by atoms with Gasteiger partial charge in [0.1, 0.15) is 22.0 Å². The van der Waals surface area contributed by atoms with Gasteiger partial charge in [0.05, 0.1) is 32.4 Å². The number of aryl methyl sites for hydroxylation is 2. The molecule has 1 aromatic carbocycles. The van der Waals surface area contributed by atoms with Crippen molar-refractivity contribution in [1.82, 2.24) is 9.29 Å². The Morgan fingerprint density at radius 2 is 1.91 bits per heavy atom. The predicted molar refractivity (Wildman–Crippen MR) is 126 cm³/mol. The number of benzene rings is 1. The number of rotatable bonds is 8. The fourth-order valence-corrected chi connectivity index (χ4v) is 6.12. The maximum Gasteiger partial charge on any atom is 0.341 e. The van der Waals surface area contributed by atoms with Crippen LogP contribution in [0.4, 0.5) is 5.69 Å². The van der Waals surface area contributed by atoms with Gasteiger partial charge in [0.15, 0.2) is 0 Å². The van der Waals surface area contributed by atoms with E-state index in [4.69, 9.17) is 14.2 Å². The van der Waals surface area contributed by atoms with Gasteiger partial charge < -0.3 is 24.5 Å². The number of aromatic amines is 1. The number of amides is 1. The lowest BCUT2D eigenvalue weighted by Crippen LogP contribution is -2.44. The van der Waals surface area contributed by atoms with Crippen LogP contribution in [0.5, 0.6) is 11.5 Å². The first-order chi connectivity index (χ1) is 16.1. The molecule has 0 unspecified atom stereocenters. The van der Waals surface area contributed by atoms with E-state index in [2.05, 4.69) is 10.3 Å². The third kappa shape index (κ3) is 5.05. The van der Waals surface area contributed by atoms with Gasteiger partial charge in [-0.2, -0.15) is 4.31 Å². The van der Waals surface area contributed by atoms with Crippen LogP contribution in [0.15, 0.2) is 23.1 Å². The number of hydrogen-bond acceptors (Lipinski definition) is 7. The zero-order valence-corrected chi connectivity index (χ0v) is 20.9. The Bertz CT molecular complexity index is 1170. The summed E-state index contributed by atoms with van der Waals surface area (Å²) in [5.41, 5.74) is 1.22. The van der Waals surface area contributed by atoms with Crippen LogP contribution in [0.2, 0.25) is 0 Å². The second-order valence-electron chi connectivity index (χ2n) is 8.06. The molecule has 0 bridgehead atoms. The van der Waals surface area contributed by atoms with Crippen molar-refractivity contribution in [2.75, 3.05) is 39.2 Å². The molecule has 10 nitrogen and oxygen atoms in total. The van der Waals surface area contributed by atoms with Crippen molar-refractivity contribution in [1.29, 1.82) is 0 Å². The molecule has 1 aliphatic rings. The number of carbonyl (C=O) groups is 2. The third-order valence-electron chi connectivity index (χ3n) is 5.81. The van der Waals surface area contributed by atoms with Crippen LogP contribution in [0, 0.1) is 19.8 Å². The van der Waals surface area contributed by atoms with Crippen molar-refractivity contribution in [2.24, 2.45) is 5.92 Å². The molecule has 0 aliphatic carbocycles. The largest absolute Gasteiger partial charge is 0.497 e. The van der Waals surface area contributed by atoms with E-state index in [1.54, 1.807) is 39.0 Å². The Morgan fingerprint density at radius 1 is 1.18 bits per heavy atom. The number of hydrogen-bond donors (Lipinski definition) is 2. The number of esters is 1. The summed E-state index contributed by atoms with van der Waals surface area (Å²) >= 11 is 0. The second-order valence-corrected chi connectivity index (χ2v) is 9.93. The summed E-state index contributed by atoms with van der Waals surface area (Å²) in [5, 5.41) is 2.83. The van der Waals surface area contributed by atoms with Gasteiger partial charge in [0, 0.05) is 30.5 Å². The number of carbonyl (C=O) groups excluding carboxylic acids is 2. The first kappa shape index (κ1) is 25.6. The van der Waals surface area contributed by atoms with Gasteiger partial charge in [-0.15, -0.1) is 0 Å². The average Bonchev–Trinajstić information content (AvgIpc) is 3.13. The quantitative estimate of drug-likeness (QED) is 0.541. The maximum absolute atomic E-state index is 13.6. The van der Waals surface area contributed by atoms with Gasteiger partial charge in [-0.05, 0) is 45.7 Å². The Balaban J connectivity index is 1.85. The molecule has 2 N–H and O–H groups in total. The Labute approximate surface area is 199 Å². The summed E-state index contributed by atoms with van der Waals surface area (Å²) in [7, 11) is -1.04.